The van der Waals surface area contributed by atoms with Crippen LogP contribution in [0.5, 0.6) is 0 Å². The Bertz CT molecular complexity index is 451. The average Bonchev–Trinajstić information content (AvgIpc) is 2.48. The zero-order valence-electron chi connectivity index (χ0n) is 6.41. The summed E-state index contributed by atoms with van der Waals surface area (Å²) in [6.45, 7) is 0. The van der Waals surface area contributed by atoms with Crippen LogP contribution in [-0.2, 0) is 0 Å². The van der Waals surface area contributed by atoms with Crippen LogP contribution in [0.3, 0.4) is 0 Å². The van der Waals surface area contributed by atoms with Gasteiger partial charge >= 0.3 is 6.16 Å². The van der Waals surface area contributed by atoms with Gasteiger partial charge in [-0.25, -0.2) is 14.8 Å². The number of hydrogen-bond donors (Lipinski definition) is 1. The first-order chi connectivity index (χ1) is 6.27. The summed E-state index contributed by atoms with van der Waals surface area (Å²) in [6.07, 6.45) is 2.98. The van der Waals surface area contributed by atoms with E-state index in [4.69, 9.17) is 5.11 Å². The fourth-order valence-electron chi connectivity index (χ4n) is 1.01. The molecular formula is C7H5N3O3. The Morgan fingerprint density at radius 2 is 2.46 bits per heavy atom. The predicted molar refractivity (Wildman–Crippen MR) is 42.1 cm³/mol. The van der Waals surface area contributed by atoms with Crippen molar-refractivity contribution in [2.45, 2.75) is 0 Å². The highest BCUT2D eigenvalue weighted by molar-refractivity contribution is 5.75. The van der Waals surface area contributed by atoms with Gasteiger partial charge in [0.1, 0.15) is 6.33 Å². The number of rotatable bonds is 1. The molecule has 0 radical (unpaired) electrons. The van der Waals surface area contributed by atoms with E-state index in [-0.39, 0.29) is 0 Å². The molecule has 0 fully saturated rings. The van der Waals surface area contributed by atoms with Gasteiger partial charge in [-0.15, -0.1) is 0 Å². The monoisotopic (exact) mass is 179 g/mol. The number of fused-ring (bicyclic) bond motifs is 1. The first-order valence-corrected chi connectivity index (χ1v) is 3.46. The smallest absolute Gasteiger partial charge is 0.448 e. The third-order valence-electron chi connectivity index (χ3n) is 1.49. The van der Waals surface area contributed by atoms with Gasteiger partial charge in [-0.05, 0) is 6.07 Å². The molecule has 0 unspecified atom stereocenters. The molecule has 6 heteroatoms. The van der Waals surface area contributed by atoms with E-state index in [9.17, 15) is 4.79 Å². The molecule has 6 nitrogen and oxygen atoms in total. The Kier molecular flexibility index (Phi) is 1.59. The summed E-state index contributed by atoms with van der Waals surface area (Å²) in [7, 11) is 0. The lowest BCUT2D eigenvalue weighted by Crippen LogP contribution is -2.16. The summed E-state index contributed by atoms with van der Waals surface area (Å²) < 4.78 is 1.07. The van der Waals surface area contributed by atoms with Crippen LogP contribution in [0.2, 0.25) is 0 Å². The lowest BCUT2D eigenvalue weighted by molar-refractivity contribution is 0.0856. The normalized spacial score (nSPS) is 10.2. The first-order valence-electron chi connectivity index (χ1n) is 3.46. The van der Waals surface area contributed by atoms with Gasteiger partial charge in [-0.2, -0.15) is 4.73 Å². The van der Waals surface area contributed by atoms with E-state index in [2.05, 4.69) is 14.8 Å². The fraction of sp³-hybridized carbons (Fsp3) is 0. The minimum atomic E-state index is -1.38. The molecule has 66 valence electrons. The second-order valence-corrected chi connectivity index (χ2v) is 2.30. The van der Waals surface area contributed by atoms with Crippen LogP contribution in [0.25, 0.3) is 11.0 Å². The average molecular weight is 179 g/mol. The summed E-state index contributed by atoms with van der Waals surface area (Å²) in [5.74, 6) is 0. The van der Waals surface area contributed by atoms with Gasteiger partial charge in [0, 0.05) is 17.8 Å². The predicted octanol–water partition coefficient (Wildman–Crippen LogP) is 0.538. The molecule has 0 aromatic carbocycles. The quantitative estimate of drug-likeness (QED) is 0.691. The molecule has 2 aromatic rings. The highest BCUT2D eigenvalue weighted by Gasteiger charge is 2.05. The Balaban J connectivity index is 2.51. The van der Waals surface area contributed by atoms with Crippen molar-refractivity contribution < 1.29 is 14.7 Å². The molecule has 13 heavy (non-hydrogen) atoms. The molecule has 1 N–H and O–H groups in total. The molecule has 0 aliphatic heterocycles. The van der Waals surface area contributed by atoms with Crippen LogP contribution < -0.4 is 4.84 Å². The van der Waals surface area contributed by atoms with Crippen molar-refractivity contribution in [3.05, 3.63) is 24.8 Å². The van der Waals surface area contributed by atoms with Gasteiger partial charge in [0.2, 0.25) is 0 Å². The lowest BCUT2D eigenvalue weighted by atomic mass is 10.4. The van der Waals surface area contributed by atoms with Gasteiger partial charge in [-0.3, -0.25) is 4.84 Å². The molecule has 2 heterocycles. The van der Waals surface area contributed by atoms with Gasteiger partial charge in [0.15, 0.2) is 5.65 Å². The molecule has 2 aromatic heterocycles. The van der Waals surface area contributed by atoms with Crippen LogP contribution in [0.1, 0.15) is 0 Å². The minimum absolute atomic E-state index is 0.428. The van der Waals surface area contributed by atoms with Crippen molar-refractivity contribution in [1.29, 1.82) is 0 Å². The standard InChI is InChI=1S/C7H5N3O3/c11-7(12)13-10-2-1-5-3-8-4-9-6(5)10/h1-4H,(H,11,12). The van der Waals surface area contributed by atoms with Crippen LogP contribution >= 0.6 is 0 Å². The zero-order chi connectivity index (χ0) is 9.26. The van der Waals surface area contributed by atoms with Crippen molar-refractivity contribution in [2.75, 3.05) is 0 Å². The Morgan fingerprint density at radius 3 is 3.23 bits per heavy atom. The third kappa shape index (κ3) is 1.28. The molecule has 0 aliphatic rings. The Morgan fingerprint density at radius 1 is 1.62 bits per heavy atom. The molecule has 0 saturated heterocycles. The number of aromatic nitrogens is 3. The fourth-order valence-corrected chi connectivity index (χ4v) is 1.01. The van der Waals surface area contributed by atoms with Gasteiger partial charge in [0.05, 0.1) is 0 Å². The molecule has 0 aliphatic carbocycles. The third-order valence-corrected chi connectivity index (χ3v) is 1.49. The van der Waals surface area contributed by atoms with Crippen LogP contribution in [0.15, 0.2) is 24.8 Å². The highest BCUT2D eigenvalue weighted by Crippen LogP contribution is 2.08. The van der Waals surface area contributed by atoms with Gasteiger partial charge in [0.25, 0.3) is 0 Å². The summed E-state index contributed by atoms with van der Waals surface area (Å²) >= 11 is 0. The van der Waals surface area contributed by atoms with Crippen molar-refractivity contribution >= 4 is 17.2 Å². The summed E-state index contributed by atoms with van der Waals surface area (Å²) in [4.78, 5) is 22.3. The van der Waals surface area contributed by atoms with E-state index < -0.39 is 6.16 Å². The maximum Gasteiger partial charge on any atom is 0.531 e. The van der Waals surface area contributed by atoms with E-state index in [0.717, 1.165) is 10.1 Å². The van der Waals surface area contributed by atoms with E-state index in [1.165, 1.54) is 12.5 Å². The number of nitrogens with zero attached hydrogens (tertiary/aromatic N) is 3. The largest absolute Gasteiger partial charge is 0.531 e. The van der Waals surface area contributed by atoms with Crippen LogP contribution in [0.4, 0.5) is 4.79 Å². The van der Waals surface area contributed by atoms with Crippen molar-refractivity contribution in [3.63, 3.8) is 0 Å². The summed E-state index contributed by atoms with van der Waals surface area (Å²) in [6, 6.07) is 1.66. The summed E-state index contributed by atoms with van der Waals surface area (Å²) in [5.41, 5.74) is 0.428. The van der Waals surface area contributed by atoms with Crippen molar-refractivity contribution in [3.8, 4) is 0 Å². The minimum Gasteiger partial charge on any atom is -0.448 e. The SMILES string of the molecule is O=C(O)On1ccc2cncnc21. The second kappa shape index (κ2) is 2.74. The highest BCUT2D eigenvalue weighted by atomic mass is 16.8. The lowest BCUT2D eigenvalue weighted by Gasteiger charge is -1.99. The number of carbonyl (C=O) groups is 1. The maximum atomic E-state index is 10.2. The van der Waals surface area contributed by atoms with Gasteiger partial charge in [-0.1, -0.05) is 0 Å². The molecule has 0 saturated carbocycles. The van der Waals surface area contributed by atoms with E-state index >= 15 is 0 Å². The van der Waals surface area contributed by atoms with Gasteiger partial charge < -0.3 is 5.11 Å². The summed E-state index contributed by atoms with van der Waals surface area (Å²) in [5, 5.41) is 9.08. The molecular weight excluding hydrogens is 174 g/mol. The number of carboxylic acid groups (broad SMARTS) is 1. The van der Waals surface area contributed by atoms with E-state index in [1.54, 1.807) is 12.3 Å². The number of hydrogen-bond acceptors (Lipinski definition) is 4. The molecule has 2 rings (SSSR count). The van der Waals surface area contributed by atoms with Crippen molar-refractivity contribution in [1.82, 2.24) is 14.7 Å². The topological polar surface area (TPSA) is 77.2 Å². The Hall–Kier alpha value is -2.11. The Labute approximate surface area is 72.4 Å². The molecule has 0 bridgehead atoms. The van der Waals surface area contributed by atoms with E-state index in [0.29, 0.717) is 5.65 Å². The second-order valence-electron chi connectivity index (χ2n) is 2.30. The van der Waals surface area contributed by atoms with Crippen molar-refractivity contribution in [2.24, 2.45) is 0 Å². The maximum absolute atomic E-state index is 10.2. The first kappa shape index (κ1) is 7.53. The van der Waals surface area contributed by atoms with E-state index in [1.807, 2.05) is 0 Å². The molecule has 0 spiro atoms. The molecule has 0 atom stereocenters. The molecule has 0 amide bonds. The van der Waals surface area contributed by atoms with Crippen LogP contribution in [-0.4, -0.2) is 26.0 Å². The zero-order valence-corrected chi connectivity index (χ0v) is 6.41. The van der Waals surface area contributed by atoms with Crippen LogP contribution in [0, 0.1) is 0 Å².